The molecule has 0 spiro atoms. The van der Waals surface area contributed by atoms with Crippen molar-refractivity contribution in [3.63, 3.8) is 0 Å². The number of nitrogens with zero attached hydrogens (tertiary/aromatic N) is 4. The Kier molecular flexibility index (Phi) is 7.99. The van der Waals surface area contributed by atoms with Crippen LogP contribution in [0, 0.1) is 12.7 Å². The van der Waals surface area contributed by atoms with Crippen molar-refractivity contribution < 1.29 is 24.5 Å². The van der Waals surface area contributed by atoms with E-state index in [1.165, 1.54) is 6.20 Å². The van der Waals surface area contributed by atoms with Crippen LogP contribution in [0.25, 0.3) is 10.9 Å². The largest absolute Gasteiger partial charge is 0.506 e. The Labute approximate surface area is 207 Å². The first-order chi connectivity index (χ1) is 16.2. The van der Waals surface area contributed by atoms with E-state index in [4.69, 9.17) is 0 Å². The molecule has 1 aromatic carbocycles. The molecule has 35 heavy (non-hydrogen) atoms. The van der Waals surface area contributed by atoms with Crippen LogP contribution in [0.4, 0.5) is 10.1 Å². The number of halogens is 2. The van der Waals surface area contributed by atoms with Gasteiger partial charge in [0, 0.05) is 62.6 Å². The summed E-state index contributed by atoms with van der Waals surface area (Å²) in [6.45, 7) is 6.46. The van der Waals surface area contributed by atoms with Crippen molar-refractivity contribution in [2.24, 2.45) is 0 Å². The van der Waals surface area contributed by atoms with Crippen LogP contribution in [0.1, 0.15) is 34.1 Å². The molecule has 11 heteroatoms. The second-order valence-electron chi connectivity index (χ2n) is 8.40. The van der Waals surface area contributed by atoms with E-state index in [2.05, 4.69) is 9.88 Å². The van der Waals surface area contributed by atoms with Gasteiger partial charge in [-0.1, -0.05) is 0 Å². The standard InChI is InChI=1S/C24H27FN4O5.ClH/c1-3-28-12-17(24(33)34)23(32)16-8-19(25)21(9-20(16)28)29-6-4-27(5-7-29)11-15-10-26-14(2)22(31)18(15)13-30;/h8-10,12,30-31H,3-7,11,13H2,1-2H3,(H,33,34);1H. The minimum absolute atomic E-state index is 0. The lowest BCUT2D eigenvalue weighted by atomic mass is 10.1. The lowest BCUT2D eigenvalue weighted by Crippen LogP contribution is -2.46. The highest BCUT2D eigenvalue weighted by molar-refractivity contribution is 5.93. The molecule has 0 amide bonds. The average molecular weight is 507 g/mol. The average Bonchev–Trinajstić information content (AvgIpc) is 2.82. The molecule has 0 unspecified atom stereocenters. The van der Waals surface area contributed by atoms with Gasteiger partial charge in [0.05, 0.1) is 23.5 Å². The molecule has 3 heterocycles. The summed E-state index contributed by atoms with van der Waals surface area (Å²) in [7, 11) is 0. The van der Waals surface area contributed by atoms with Crippen molar-refractivity contribution in [1.82, 2.24) is 14.5 Å². The van der Waals surface area contributed by atoms with Gasteiger partial charge in [0.25, 0.3) is 0 Å². The number of aliphatic hydroxyl groups is 1. The molecule has 0 saturated carbocycles. The van der Waals surface area contributed by atoms with E-state index < -0.39 is 17.2 Å². The lowest BCUT2D eigenvalue weighted by molar-refractivity contribution is 0.0695. The van der Waals surface area contributed by atoms with Crippen LogP contribution in [0.3, 0.4) is 0 Å². The Morgan fingerprint density at radius 2 is 1.89 bits per heavy atom. The van der Waals surface area contributed by atoms with Crippen molar-refractivity contribution in [2.45, 2.75) is 33.5 Å². The van der Waals surface area contributed by atoms with E-state index in [1.54, 1.807) is 23.8 Å². The fourth-order valence-corrected chi connectivity index (χ4v) is 4.44. The van der Waals surface area contributed by atoms with Crippen molar-refractivity contribution in [2.75, 3.05) is 31.1 Å². The Bertz CT molecular complexity index is 1320. The molecule has 0 radical (unpaired) electrons. The van der Waals surface area contributed by atoms with Gasteiger partial charge in [0.15, 0.2) is 0 Å². The molecule has 1 fully saturated rings. The minimum atomic E-state index is -1.34. The maximum Gasteiger partial charge on any atom is 0.341 e. The molecule has 0 atom stereocenters. The third-order valence-corrected chi connectivity index (χ3v) is 6.42. The monoisotopic (exact) mass is 506 g/mol. The number of piperazine rings is 1. The molecular weight excluding hydrogens is 479 g/mol. The molecule has 3 aromatic rings. The Balaban J connectivity index is 0.00000342. The zero-order valence-corrected chi connectivity index (χ0v) is 20.3. The lowest BCUT2D eigenvalue weighted by Gasteiger charge is -2.36. The summed E-state index contributed by atoms with van der Waals surface area (Å²) in [5, 5.41) is 29.2. The number of rotatable bonds is 6. The Hall–Kier alpha value is -3.21. The number of fused-ring (bicyclic) bond motifs is 1. The second-order valence-corrected chi connectivity index (χ2v) is 8.40. The number of hydrogen-bond donors (Lipinski definition) is 3. The highest BCUT2D eigenvalue weighted by Gasteiger charge is 2.23. The molecule has 2 aromatic heterocycles. The third-order valence-electron chi connectivity index (χ3n) is 6.42. The normalized spacial score (nSPS) is 14.2. The maximum absolute atomic E-state index is 15.1. The van der Waals surface area contributed by atoms with Crippen LogP contribution in [-0.4, -0.2) is 61.9 Å². The number of carbonyl (C=O) groups is 1. The smallest absolute Gasteiger partial charge is 0.341 e. The molecule has 1 saturated heterocycles. The quantitative estimate of drug-likeness (QED) is 0.466. The second kappa shape index (κ2) is 10.6. The summed E-state index contributed by atoms with van der Waals surface area (Å²) in [4.78, 5) is 32.2. The van der Waals surface area contributed by atoms with Gasteiger partial charge >= 0.3 is 5.97 Å². The summed E-state index contributed by atoms with van der Waals surface area (Å²) in [5.74, 6) is -1.90. The minimum Gasteiger partial charge on any atom is -0.506 e. The Morgan fingerprint density at radius 1 is 1.20 bits per heavy atom. The van der Waals surface area contributed by atoms with Crippen molar-refractivity contribution in [3.05, 3.63) is 63.0 Å². The van der Waals surface area contributed by atoms with E-state index >= 15 is 4.39 Å². The van der Waals surface area contributed by atoms with E-state index in [9.17, 15) is 24.9 Å². The first-order valence-electron chi connectivity index (χ1n) is 11.1. The highest BCUT2D eigenvalue weighted by atomic mass is 35.5. The Morgan fingerprint density at radius 3 is 2.49 bits per heavy atom. The summed E-state index contributed by atoms with van der Waals surface area (Å²) in [6, 6.07) is 2.74. The summed E-state index contributed by atoms with van der Waals surface area (Å²) in [6.07, 6.45) is 2.96. The number of aromatic hydroxyl groups is 1. The first kappa shape index (κ1) is 26.4. The van der Waals surface area contributed by atoms with Crippen LogP contribution in [0.5, 0.6) is 5.75 Å². The topological polar surface area (TPSA) is 119 Å². The maximum atomic E-state index is 15.1. The fourth-order valence-electron chi connectivity index (χ4n) is 4.44. The van der Waals surface area contributed by atoms with Gasteiger partial charge in [0.2, 0.25) is 5.43 Å². The molecule has 1 aliphatic rings. The van der Waals surface area contributed by atoms with Gasteiger partial charge in [-0.15, -0.1) is 12.4 Å². The van der Waals surface area contributed by atoms with E-state index in [0.717, 1.165) is 11.6 Å². The van der Waals surface area contributed by atoms with Crippen LogP contribution in [-0.2, 0) is 19.7 Å². The van der Waals surface area contributed by atoms with Gasteiger partial charge in [-0.25, -0.2) is 9.18 Å². The number of pyridine rings is 2. The molecule has 1 aliphatic heterocycles. The highest BCUT2D eigenvalue weighted by Crippen LogP contribution is 2.28. The molecule has 9 nitrogen and oxygen atoms in total. The molecule has 0 aliphatic carbocycles. The zero-order valence-electron chi connectivity index (χ0n) is 19.5. The number of benzene rings is 1. The van der Waals surface area contributed by atoms with Crippen LogP contribution in [0.2, 0.25) is 0 Å². The van der Waals surface area contributed by atoms with E-state index in [-0.39, 0.29) is 35.7 Å². The summed E-state index contributed by atoms with van der Waals surface area (Å²) < 4.78 is 16.7. The zero-order chi connectivity index (χ0) is 24.6. The summed E-state index contributed by atoms with van der Waals surface area (Å²) >= 11 is 0. The van der Waals surface area contributed by atoms with Crippen molar-refractivity contribution in [3.8, 4) is 5.75 Å². The van der Waals surface area contributed by atoms with Gasteiger partial charge in [0.1, 0.15) is 17.1 Å². The first-order valence-corrected chi connectivity index (χ1v) is 11.1. The van der Waals surface area contributed by atoms with Crippen LogP contribution in [0.15, 0.2) is 29.3 Å². The predicted octanol–water partition coefficient (Wildman–Crippen LogP) is 2.50. The van der Waals surface area contributed by atoms with Crippen LogP contribution >= 0.6 is 12.4 Å². The van der Waals surface area contributed by atoms with Crippen molar-refractivity contribution in [1.29, 1.82) is 0 Å². The van der Waals surface area contributed by atoms with Gasteiger partial charge in [-0.05, 0) is 31.5 Å². The number of aryl methyl sites for hydroxylation is 2. The predicted molar refractivity (Wildman–Crippen MR) is 132 cm³/mol. The van der Waals surface area contributed by atoms with E-state index in [1.807, 2.05) is 11.8 Å². The summed E-state index contributed by atoms with van der Waals surface area (Å²) in [5.41, 5.74) is 1.45. The van der Waals surface area contributed by atoms with Gasteiger partial charge in [-0.2, -0.15) is 0 Å². The molecule has 0 bridgehead atoms. The molecule has 188 valence electrons. The number of carboxylic acid groups (broad SMARTS) is 1. The number of aliphatic hydroxyl groups excluding tert-OH is 1. The van der Waals surface area contributed by atoms with Crippen molar-refractivity contribution >= 4 is 35.0 Å². The third kappa shape index (κ3) is 4.95. The number of aromatic nitrogens is 2. The van der Waals surface area contributed by atoms with Gasteiger partial charge < -0.3 is 24.8 Å². The van der Waals surface area contributed by atoms with Gasteiger partial charge in [-0.3, -0.25) is 14.7 Å². The number of carboxylic acids is 1. The van der Waals surface area contributed by atoms with Crippen LogP contribution < -0.4 is 10.3 Å². The molecule has 3 N–H and O–H groups in total. The van der Waals surface area contributed by atoms with E-state index in [0.29, 0.717) is 61.7 Å². The molecule has 4 rings (SSSR count). The molecular formula is C24H28ClFN4O5. The number of hydrogen-bond acceptors (Lipinski definition) is 7. The SMILES string of the molecule is CCn1cc(C(=O)O)c(=O)c2cc(F)c(N3CCN(Cc4cnc(C)c(O)c4CO)CC3)cc21.Cl. The number of aromatic carboxylic acids is 1. The fraction of sp³-hybridized carbons (Fsp3) is 0.375. The number of anilines is 1.